The lowest BCUT2D eigenvalue weighted by Crippen LogP contribution is -2.29. The first-order chi connectivity index (χ1) is 9.21. The van der Waals surface area contributed by atoms with Crippen molar-refractivity contribution >= 4 is 0 Å². The quantitative estimate of drug-likeness (QED) is 0.702. The first-order valence-electron chi connectivity index (χ1n) is 7.96. The van der Waals surface area contributed by atoms with Gasteiger partial charge in [-0.2, -0.15) is 5.10 Å². The average Bonchev–Trinajstić information content (AvgIpc) is 2.77. The fourth-order valence-corrected chi connectivity index (χ4v) is 2.55. The van der Waals surface area contributed by atoms with Crippen molar-refractivity contribution < 1.29 is 0 Å². The van der Waals surface area contributed by atoms with Crippen LogP contribution < -0.4 is 5.32 Å². The van der Waals surface area contributed by atoms with Crippen LogP contribution in [0.4, 0.5) is 0 Å². The van der Waals surface area contributed by atoms with E-state index in [-0.39, 0.29) is 0 Å². The van der Waals surface area contributed by atoms with Crippen LogP contribution in [0.3, 0.4) is 0 Å². The van der Waals surface area contributed by atoms with Gasteiger partial charge >= 0.3 is 0 Å². The van der Waals surface area contributed by atoms with Gasteiger partial charge in [0.25, 0.3) is 0 Å². The molecule has 3 heteroatoms. The van der Waals surface area contributed by atoms with Gasteiger partial charge in [0.1, 0.15) is 0 Å². The van der Waals surface area contributed by atoms with E-state index in [1.165, 1.54) is 43.5 Å². The highest BCUT2D eigenvalue weighted by atomic mass is 15.3. The van der Waals surface area contributed by atoms with Gasteiger partial charge in [0.15, 0.2) is 0 Å². The van der Waals surface area contributed by atoms with Gasteiger partial charge in [0.05, 0.1) is 5.69 Å². The summed E-state index contributed by atoms with van der Waals surface area (Å²) in [4.78, 5) is 0. The third kappa shape index (κ3) is 5.77. The molecule has 0 fully saturated rings. The minimum atomic E-state index is 0.698. The van der Waals surface area contributed by atoms with Crippen molar-refractivity contribution in [1.82, 2.24) is 15.1 Å². The minimum Gasteiger partial charge on any atom is -0.314 e. The first-order valence-corrected chi connectivity index (χ1v) is 7.96. The van der Waals surface area contributed by atoms with Crippen molar-refractivity contribution in [3.63, 3.8) is 0 Å². The Kier molecular flexibility index (Phi) is 7.80. The van der Waals surface area contributed by atoms with Crippen molar-refractivity contribution in [2.24, 2.45) is 7.05 Å². The molecule has 0 radical (unpaired) electrons. The summed E-state index contributed by atoms with van der Waals surface area (Å²) >= 11 is 0. The van der Waals surface area contributed by atoms with Crippen LogP contribution in [-0.4, -0.2) is 22.4 Å². The number of nitrogens with one attached hydrogen (secondary N) is 1. The van der Waals surface area contributed by atoms with Crippen molar-refractivity contribution in [3.8, 4) is 0 Å². The summed E-state index contributed by atoms with van der Waals surface area (Å²) in [5.41, 5.74) is 2.59. The number of rotatable bonds is 10. The number of aromatic nitrogens is 2. The third-order valence-corrected chi connectivity index (χ3v) is 3.70. The molecule has 0 amide bonds. The largest absolute Gasteiger partial charge is 0.314 e. The van der Waals surface area contributed by atoms with Gasteiger partial charge < -0.3 is 5.32 Å². The molecule has 3 nitrogen and oxygen atoms in total. The predicted molar refractivity (Wildman–Crippen MR) is 82.5 cm³/mol. The summed E-state index contributed by atoms with van der Waals surface area (Å²) in [6.45, 7) is 7.82. The molecule has 0 saturated heterocycles. The van der Waals surface area contributed by atoms with E-state index in [4.69, 9.17) is 0 Å². The van der Waals surface area contributed by atoms with Crippen LogP contribution in [0.25, 0.3) is 0 Å². The van der Waals surface area contributed by atoms with Gasteiger partial charge in [-0.3, -0.25) is 4.68 Å². The molecule has 0 spiro atoms. The van der Waals surface area contributed by atoms with E-state index >= 15 is 0 Å². The van der Waals surface area contributed by atoms with Crippen molar-refractivity contribution in [2.75, 3.05) is 6.54 Å². The maximum absolute atomic E-state index is 4.51. The van der Waals surface area contributed by atoms with Crippen molar-refractivity contribution in [3.05, 3.63) is 17.5 Å². The third-order valence-electron chi connectivity index (χ3n) is 3.70. The van der Waals surface area contributed by atoms with Crippen LogP contribution >= 0.6 is 0 Å². The molecule has 110 valence electrons. The zero-order valence-electron chi connectivity index (χ0n) is 13.2. The summed E-state index contributed by atoms with van der Waals surface area (Å²) in [7, 11) is 2.06. The topological polar surface area (TPSA) is 29.9 Å². The Labute approximate surface area is 118 Å². The molecule has 0 aliphatic rings. The molecular formula is C16H31N3. The van der Waals surface area contributed by atoms with E-state index < -0.39 is 0 Å². The zero-order chi connectivity index (χ0) is 14.1. The van der Waals surface area contributed by atoms with Crippen LogP contribution in [0.15, 0.2) is 6.07 Å². The number of aryl methyl sites for hydroxylation is 3. The molecule has 1 atom stereocenters. The zero-order valence-corrected chi connectivity index (χ0v) is 13.2. The highest BCUT2D eigenvalue weighted by Gasteiger charge is 2.08. The monoisotopic (exact) mass is 265 g/mol. The number of hydrogen-bond acceptors (Lipinski definition) is 2. The van der Waals surface area contributed by atoms with E-state index in [1.54, 1.807) is 0 Å². The molecule has 0 aliphatic heterocycles. The molecule has 1 aromatic heterocycles. The first kappa shape index (κ1) is 16.2. The van der Waals surface area contributed by atoms with Crippen LogP contribution in [0, 0.1) is 0 Å². The molecule has 0 aromatic carbocycles. The highest BCUT2D eigenvalue weighted by Crippen LogP contribution is 2.11. The Bertz CT molecular complexity index is 344. The van der Waals surface area contributed by atoms with Gasteiger partial charge in [0.2, 0.25) is 0 Å². The Balaban J connectivity index is 2.35. The van der Waals surface area contributed by atoms with Crippen LogP contribution in [-0.2, 0) is 19.9 Å². The lowest BCUT2D eigenvalue weighted by atomic mass is 10.0. The standard InChI is InChI=1S/C16H31N3/c1-5-9-15(17-12-6-2)10-8-11-16-13-14(7-3)18-19(16)4/h13,15,17H,5-12H2,1-4H3. The summed E-state index contributed by atoms with van der Waals surface area (Å²) in [5, 5.41) is 8.18. The molecule has 1 aromatic rings. The highest BCUT2D eigenvalue weighted by molar-refractivity contribution is 5.10. The van der Waals surface area contributed by atoms with E-state index in [9.17, 15) is 0 Å². The SMILES string of the molecule is CCCNC(CCC)CCCc1cc(CC)nn1C. The predicted octanol–water partition coefficient (Wildman–Crippen LogP) is 3.47. The summed E-state index contributed by atoms with van der Waals surface area (Å²) in [6, 6.07) is 2.96. The molecule has 1 N–H and O–H groups in total. The van der Waals surface area contributed by atoms with E-state index in [2.05, 4.69) is 44.3 Å². The van der Waals surface area contributed by atoms with Crippen LogP contribution in [0.1, 0.15) is 64.3 Å². The average molecular weight is 265 g/mol. The van der Waals surface area contributed by atoms with Crippen molar-refractivity contribution in [1.29, 1.82) is 0 Å². The van der Waals surface area contributed by atoms with Crippen LogP contribution in [0.5, 0.6) is 0 Å². The summed E-state index contributed by atoms with van der Waals surface area (Å²) in [6.07, 6.45) is 8.51. The van der Waals surface area contributed by atoms with Gasteiger partial charge in [-0.1, -0.05) is 27.2 Å². The lowest BCUT2D eigenvalue weighted by Gasteiger charge is -2.17. The molecule has 0 bridgehead atoms. The number of hydrogen-bond donors (Lipinski definition) is 1. The second-order valence-electron chi connectivity index (χ2n) is 5.44. The van der Waals surface area contributed by atoms with E-state index in [0.717, 1.165) is 19.4 Å². The maximum Gasteiger partial charge on any atom is 0.0624 e. The van der Waals surface area contributed by atoms with Gasteiger partial charge in [0, 0.05) is 18.8 Å². The van der Waals surface area contributed by atoms with Gasteiger partial charge in [-0.15, -0.1) is 0 Å². The molecule has 1 unspecified atom stereocenters. The van der Waals surface area contributed by atoms with E-state index in [1.807, 2.05) is 4.68 Å². The Morgan fingerprint density at radius 3 is 2.58 bits per heavy atom. The lowest BCUT2D eigenvalue weighted by molar-refractivity contribution is 0.435. The van der Waals surface area contributed by atoms with Crippen LogP contribution in [0.2, 0.25) is 0 Å². The van der Waals surface area contributed by atoms with Gasteiger partial charge in [-0.05, 0) is 51.1 Å². The van der Waals surface area contributed by atoms with E-state index in [0.29, 0.717) is 6.04 Å². The second-order valence-corrected chi connectivity index (χ2v) is 5.44. The molecule has 0 saturated carbocycles. The molecule has 19 heavy (non-hydrogen) atoms. The maximum atomic E-state index is 4.51. The fourth-order valence-electron chi connectivity index (χ4n) is 2.55. The molecule has 0 aliphatic carbocycles. The summed E-state index contributed by atoms with van der Waals surface area (Å²) < 4.78 is 2.05. The normalized spacial score (nSPS) is 12.8. The van der Waals surface area contributed by atoms with Gasteiger partial charge in [-0.25, -0.2) is 0 Å². The Morgan fingerprint density at radius 1 is 1.21 bits per heavy atom. The fraction of sp³-hybridized carbons (Fsp3) is 0.812. The molecular weight excluding hydrogens is 234 g/mol. The Hall–Kier alpha value is -0.830. The second kappa shape index (κ2) is 9.13. The van der Waals surface area contributed by atoms with Crippen molar-refractivity contribution in [2.45, 2.75) is 71.8 Å². The smallest absolute Gasteiger partial charge is 0.0624 e. The minimum absolute atomic E-state index is 0.698. The molecule has 1 heterocycles. The number of nitrogens with zero attached hydrogens (tertiary/aromatic N) is 2. The molecule has 1 rings (SSSR count). The summed E-state index contributed by atoms with van der Waals surface area (Å²) in [5.74, 6) is 0. The Morgan fingerprint density at radius 2 is 2.00 bits per heavy atom.